The maximum absolute atomic E-state index is 14.5. The number of carbonyl (C=O) groups is 12. The summed E-state index contributed by atoms with van der Waals surface area (Å²) < 4.78 is 0. The molecule has 1 saturated heterocycles. The van der Waals surface area contributed by atoms with Gasteiger partial charge in [-0.25, -0.2) is 0 Å². The van der Waals surface area contributed by atoms with E-state index < -0.39 is 163 Å². The number of nitrogens with zero attached hydrogens (tertiary/aromatic N) is 1. The Hall–Kier alpha value is -6.09. The number of likely N-dealkylation sites (tertiary alicyclic amines) is 1. The van der Waals surface area contributed by atoms with E-state index in [4.69, 9.17) is 16.6 Å². The van der Waals surface area contributed by atoms with Crippen LogP contribution in [0.15, 0.2) is 0 Å². The van der Waals surface area contributed by atoms with Gasteiger partial charge in [0.1, 0.15) is 54.4 Å². The summed E-state index contributed by atoms with van der Waals surface area (Å²) in [6.07, 6.45) is 4.39. The number of aliphatic hydroxyl groups excluding tert-OH is 1. The van der Waals surface area contributed by atoms with Crippen molar-refractivity contribution in [2.24, 2.45) is 35.1 Å². The van der Waals surface area contributed by atoms with E-state index >= 15 is 0 Å². The van der Waals surface area contributed by atoms with E-state index in [-0.39, 0.29) is 62.2 Å². The zero-order valence-corrected chi connectivity index (χ0v) is 47.7. The summed E-state index contributed by atoms with van der Waals surface area (Å²) in [6.45, 7) is 11.7. The molecule has 1 heterocycles. The average Bonchev–Trinajstić information content (AvgIpc) is 3.89. The maximum atomic E-state index is 14.5. The first-order chi connectivity index (χ1) is 37.2. The van der Waals surface area contributed by atoms with Gasteiger partial charge in [-0.1, -0.05) is 93.4 Å². The Bertz CT molecular complexity index is 2110. The summed E-state index contributed by atoms with van der Waals surface area (Å²) in [5, 5.41) is 49.2. The minimum atomic E-state index is -1.57. The third-order valence-corrected chi connectivity index (χ3v) is 14.5. The molecule has 1 aliphatic carbocycles. The highest BCUT2D eigenvalue weighted by atomic mass is 32.1. The standard InChI is InChI=1S/C52H89N11O15S/c1-8-14-32(45(71)60-37(25-64)49(75)57-34(43(54)69)21-27(3)4)56-50(76)39-17-13-20-63(39)52(78)38(26-79)61-47(73)36(23-30-15-11-10-12-16-30)59-51(77)42(29(7)9-2)62-48(74)35(22-28(5)6)58-46(72)33(18-19-40(65)66)55-44(70)31(53)24-41(67)68/h27-39,42,64,79H,8-26,53H2,1-7H3,(H2,54,69)(H,55,70)(H,56,76)(H,57,75)(H,58,72)(H,59,77)(H,60,71)(H,61,73)(H,62,74)(H,65,66)(H,67,68)/t29-,31-,32-,33+,34-,35-,36-,37-,38-,39-,42-/m0/s1. The molecule has 0 unspecified atom stereocenters. The van der Waals surface area contributed by atoms with Gasteiger partial charge in [0, 0.05) is 18.7 Å². The van der Waals surface area contributed by atoms with Gasteiger partial charge in [0.2, 0.25) is 59.1 Å². The van der Waals surface area contributed by atoms with E-state index in [9.17, 15) is 67.7 Å². The van der Waals surface area contributed by atoms with E-state index in [1.54, 1.807) is 34.6 Å². The summed E-state index contributed by atoms with van der Waals surface area (Å²) >= 11 is 4.40. The number of carboxylic acid groups (broad SMARTS) is 2. The van der Waals surface area contributed by atoms with Gasteiger partial charge in [-0.15, -0.1) is 0 Å². The van der Waals surface area contributed by atoms with Gasteiger partial charge in [-0.05, 0) is 68.6 Å². The summed E-state index contributed by atoms with van der Waals surface area (Å²) in [6, 6.07) is -13.1. The van der Waals surface area contributed by atoms with Crippen LogP contribution in [0.1, 0.15) is 151 Å². The molecule has 448 valence electrons. The molecule has 10 amide bonds. The van der Waals surface area contributed by atoms with Gasteiger partial charge in [0.15, 0.2) is 0 Å². The molecular formula is C52H89N11O15S. The number of hydrogen-bond acceptors (Lipinski definition) is 15. The van der Waals surface area contributed by atoms with E-state index in [0.717, 1.165) is 32.1 Å². The highest BCUT2D eigenvalue weighted by Gasteiger charge is 2.41. The lowest BCUT2D eigenvalue weighted by Gasteiger charge is -2.32. The van der Waals surface area contributed by atoms with Crippen LogP contribution >= 0.6 is 12.6 Å². The van der Waals surface area contributed by atoms with Crippen molar-refractivity contribution in [1.29, 1.82) is 0 Å². The summed E-state index contributed by atoms with van der Waals surface area (Å²) in [7, 11) is 0. The molecule has 1 saturated carbocycles. The van der Waals surface area contributed by atoms with Crippen LogP contribution < -0.4 is 54.0 Å². The average molecular weight is 1140 g/mol. The Morgan fingerprint density at radius 3 is 1.62 bits per heavy atom. The molecule has 0 aromatic rings. The zero-order chi connectivity index (χ0) is 59.7. The van der Waals surface area contributed by atoms with E-state index in [0.29, 0.717) is 19.3 Å². The summed E-state index contributed by atoms with van der Waals surface area (Å²) in [5.74, 6) is -11.7. The molecule has 0 aromatic carbocycles. The first-order valence-corrected chi connectivity index (χ1v) is 28.2. The van der Waals surface area contributed by atoms with Crippen molar-refractivity contribution in [1.82, 2.24) is 47.4 Å². The van der Waals surface area contributed by atoms with Gasteiger partial charge in [0.25, 0.3) is 0 Å². The van der Waals surface area contributed by atoms with Crippen LogP contribution in [0.2, 0.25) is 0 Å². The van der Waals surface area contributed by atoms with Crippen LogP contribution in [-0.4, -0.2) is 171 Å². The molecule has 0 aromatic heterocycles. The number of aliphatic carboxylic acids is 2. The fourth-order valence-electron chi connectivity index (χ4n) is 9.52. The smallest absolute Gasteiger partial charge is 0.305 e. The molecule has 27 heteroatoms. The van der Waals surface area contributed by atoms with Crippen molar-refractivity contribution in [2.75, 3.05) is 18.9 Å². The lowest BCUT2D eigenvalue weighted by Crippen LogP contribution is -2.61. The minimum absolute atomic E-state index is 0.00404. The van der Waals surface area contributed by atoms with E-state index in [1.807, 2.05) is 13.8 Å². The molecule has 0 spiro atoms. The topological polar surface area (TPSA) is 417 Å². The van der Waals surface area contributed by atoms with Gasteiger partial charge < -0.3 is 74.2 Å². The number of carbonyl (C=O) groups excluding carboxylic acids is 10. The quantitative estimate of drug-likeness (QED) is 0.0333. The number of primary amides is 1. The third kappa shape index (κ3) is 23.6. The molecule has 2 aliphatic rings. The zero-order valence-electron chi connectivity index (χ0n) is 46.8. The second-order valence-electron chi connectivity index (χ2n) is 21.7. The lowest BCUT2D eigenvalue weighted by atomic mass is 9.84. The molecule has 15 N–H and O–H groups in total. The minimum Gasteiger partial charge on any atom is -0.481 e. The van der Waals surface area contributed by atoms with Crippen LogP contribution in [0.25, 0.3) is 0 Å². The molecule has 2 fully saturated rings. The monoisotopic (exact) mass is 1140 g/mol. The van der Waals surface area contributed by atoms with Crippen molar-refractivity contribution >= 4 is 83.6 Å². The first kappa shape index (κ1) is 69.0. The number of aliphatic hydroxyl groups is 1. The summed E-state index contributed by atoms with van der Waals surface area (Å²) in [5.41, 5.74) is 11.1. The number of rotatable bonds is 35. The number of nitrogens with two attached hydrogens (primary N) is 2. The van der Waals surface area contributed by atoms with Crippen molar-refractivity contribution in [3.05, 3.63) is 0 Å². The second-order valence-corrected chi connectivity index (χ2v) is 22.0. The predicted molar refractivity (Wildman–Crippen MR) is 292 cm³/mol. The van der Waals surface area contributed by atoms with Gasteiger partial charge in [-0.3, -0.25) is 57.5 Å². The fourth-order valence-corrected chi connectivity index (χ4v) is 9.77. The highest BCUT2D eigenvalue weighted by molar-refractivity contribution is 7.80. The van der Waals surface area contributed by atoms with Crippen molar-refractivity contribution in [3.63, 3.8) is 0 Å². The van der Waals surface area contributed by atoms with Crippen LogP contribution in [0.4, 0.5) is 0 Å². The predicted octanol–water partition coefficient (Wildman–Crippen LogP) is -1.16. The second kappa shape index (κ2) is 34.8. The lowest BCUT2D eigenvalue weighted by molar-refractivity contribution is -0.142. The molecule has 79 heavy (non-hydrogen) atoms. The number of carboxylic acids is 2. The summed E-state index contributed by atoms with van der Waals surface area (Å²) in [4.78, 5) is 160. The van der Waals surface area contributed by atoms with Crippen molar-refractivity contribution in [3.8, 4) is 0 Å². The molecule has 0 bridgehead atoms. The number of thiol groups is 1. The Kier molecular flexibility index (Phi) is 30.4. The molecule has 11 atom stereocenters. The maximum Gasteiger partial charge on any atom is 0.305 e. The van der Waals surface area contributed by atoms with Gasteiger partial charge >= 0.3 is 11.9 Å². The number of nitrogens with one attached hydrogen (secondary N) is 8. The molecule has 2 rings (SSSR count). The number of hydrogen-bond donors (Lipinski definition) is 14. The Balaban J connectivity index is 2.36. The fraction of sp³-hybridized carbons (Fsp3) is 0.769. The van der Waals surface area contributed by atoms with E-state index in [2.05, 4.69) is 55.2 Å². The van der Waals surface area contributed by atoms with Crippen LogP contribution in [-0.2, 0) is 57.5 Å². The Labute approximate surface area is 468 Å². The first-order valence-electron chi connectivity index (χ1n) is 27.6. The van der Waals surface area contributed by atoms with Gasteiger partial charge in [0.05, 0.1) is 19.1 Å². The highest BCUT2D eigenvalue weighted by Crippen LogP contribution is 2.28. The van der Waals surface area contributed by atoms with Gasteiger partial charge in [-0.2, -0.15) is 12.6 Å². The van der Waals surface area contributed by atoms with Crippen LogP contribution in [0.3, 0.4) is 0 Å². The third-order valence-electron chi connectivity index (χ3n) is 14.1. The molecule has 26 nitrogen and oxygen atoms in total. The molecule has 1 aliphatic heterocycles. The number of amides is 10. The van der Waals surface area contributed by atoms with Crippen molar-refractivity contribution in [2.45, 2.75) is 212 Å². The Morgan fingerprint density at radius 2 is 1.09 bits per heavy atom. The van der Waals surface area contributed by atoms with Crippen LogP contribution in [0.5, 0.6) is 0 Å². The van der Waals surface area contributed by atoms with Crippen LogP contribution in [0, 0.1) is 23.7 Å². The van der Waals surface area contributed by atoms with Crippen molar-refractivity contribution < 1.29 is 72.9 Å². The molecular weight excluding hydrogens is 1050 g/mol. The molecule has 0 radical (unpaired) electrons. The largest absolute Gasteiger partial charge is 0.481 e. The Morgan fingerprint density at radius 1 is 0.582 bits per heavy atom. The normalized spacial score (nSPS) is 18.4. The SMILES string of the molecule is CCC[C@H](NC(=O)[C@@H]1CCCN1C(=O)[C@H](CS)NC(=O)[C@H](CC1CCCCC1)NC(=O)[C@@H](NC(=O)[C@H](CC(C)C)NC(=O)[C@@H](CCC(=O)O)NC(=O)[C@@H](N)CC(=O)O)[C@@H](C)CC)C(=O)N[C@@H](CO)C(=O)N[C@@H](CC(C)C)C(N)=O. The van der Waals surface area contributed by atoms with E-state index in [1.165, 1.54) is 4.90 Å².